The summed E-state index contributed by atoms with van der Waals surface area (Å²) in [4.78, 5) is 23.5. The molecule has 0 bridgehead atoms. The second-order valence-corrected chi connectivity index (χ2v) is 4.72. The number of anilines is 2. The molecule has 0 aliphatic carbocycles. The Kier molecular flexibility index (Phi) is 4.79. The number of benzene rings is 1. The Morgan fingerprint density at radius 2 is 2.09 bits per heavy atom. The van der Waals surface area contributed by atoms with Crippen LogP contribution in [-0.4, -0.2) is 41.1 Å². The van der Waals surface area contributed by atoms with Crippen LogP contribution in [0.1, 0.15) is 16.1 Å². The number of ether oxygens (including phenoxy) is 2. The number of nitrogens with one attached hydrogen (secondary N) is 1. The molecular weight excluding hydrogens is 302 g/mol. The number of aromatic nitrogens is 3. The van der Waals surface area contributed by atoms with Gasteiger partial charge in [-0.05, 0) is 24.6 Å². The molecule has 23 heavy (non-hydrogen) atoms. The molecule has 0 aliphatic rings. The number of nitrogens with two attached hydrogens (primary N) is 1. The minimum Gasteiger partial charge on any atom is -0.495 e. The largest absolute Gasteiger partial charge is 0.495 e. The van der Waals surface area contributed by atoms with Crippen molar-refractivity contribution in [1.29, 1.82) is 0 Å². The van der Waals surface area contributed by atoms with Crippen LogP contribution in [-0.2, 0) is 16.1 Å². The van der Waals surface area contributed by atoms with E-state index < -0.39 is 5.97 Å². The van der Waals surface area contributed by atoms with Gasteiger partial charge in [-0.25, -0.2) is 9.48 Å². The quantitative estimate of drug-likeness (QED) is 0.774. The Labute approximate surface area is 132 Å². The Hall–Kier alpha value is -3.10. The third kappa shape index (κ3) is 3.57. The number of methoxy groups -OCH3 is 2. The summed E-state index contributed by atoms with van der Waals surface area (Å²) in [5.41, 5.74) is 7.10. The van der Waals surface area contributed by atoms with Crippen molar-refractivity contribution in [1.82, 2.24) is 15.0 Å². The summed E-state index contributed by atoms with van der Waals surface area (Å²) in [6.45, 7) is 1.69. The second kappa shape index (κ2) is 6.77. The number of carbonyl (C=O) groups is 2. The highest BCUT2D eigenvalue weighted by Crippen LogP contribution is 2.25. The maximum atomic E-state index is 12.1. The first-order chi connectivity index (χ1) is 11.0. The summed E-state index contributed by atoms with van der Waals surface area (Å²) in [5.74, 6) is -0.606. The number of rotatable bonds is 5. The van der Waals surface area contributed by atoms with Crippen LogP contribution in [0.2, 0.25) is 0 Å². The van der Waals surface area contributed by atoms with Gasteiger partial charge >= 0.3 is 5.97 Å². The summed E-state index contributed by atoms with van der Waals surface area (Å²) < 4.78 is 10.8. The minimum atomic E-state index is -0.713. The van der Waals surface area contributed by atoms with Crippen LogP contribution in [0.5, 0.6) is 5.75 Å². The molecule has 122 valence electrons. The van der Waals surface area contributed by atoms with E-state index in [4.69, 9.17) is 10.5 Å². The number of carbonyl (C=O) groups excluding carboxylic acids is 2. The molecule has 9 nitrogen and oxygen atoms in total. The molecule has 0 radical (unpaired) electrons. The molecule has 3 N–H and O–H groups in total. The molecular formula is C14H17N5O4. The SMILES string of the molecule is COC(=O)c1nnn(CC(=O)Nc2cc(C)ccc2OC)c1N. The molecule has 0 unspecified atom stereocenters. The van der Waals surface area contributed by atoms with E-state index in [-0.39, 0.29) is 24.0 Å². The van der Waals surface area contributed by atoms with E-state index in [1.807, 2.05) is 13.0 Å². The summed E-state index contributed by atoms with van der Waals surface area (Å²) in [7, 11) is 2.72. The third-order valence-electron chi connectivity index (χ3n) is 3.07. The first-order valence-electron chi connectivity index (χ1n) is 6.68. The van der Waals surface area contributed by atoms with Crippen molar-refractivity contribution >= 4 is 23.4 Å². The topological polar surface area (TPSA) is 121 Å². The molecule has 1 aromatic carbocycles. The van der Waals surface area contributed by atoms with E-state index in [0.29, 0.717) is 11.4 Å². The molecule has 1 aromatic heterocycles. The summed E-state index contributed by atoms with van der Waals surface area (Å²) in [6.07, 6.45) is 0. The van der Waals surface area contributed by atoms with Gasteiger partial charge in [-0.15, -0.1) is 5.10 Å². The fourth-order valence-corrected chi connectivity index (χ4v) is 1.92. The summed E-state index contributed by atoms with van der Waals surface area (Å²) >= 11 is 0. The van der Waals surface area contributed by atoms with Crippen molar-refractivity contribution < 1.29 is 19.1 Å². The van der Waals surface area contributed by atoms with Crippen LogP contribution in [0.15, 0.2) is 18.2 Å². The number of aryl methyl sites for hydroxylation is 1. The lowest BCUT2D eigenvalue weighted by atomic mass is 10.2. The van der Waals surface area contributed by atoms with Crippen LogP contribution in [0.4, 0.5) is 11.5 Å². The van der Waals surface area contributed by atoms with Crippen LogP contribution in [0.25, 0.3) is 0 Å². The number of hydrogen-bond acceptors (Lipinski definition) is 7. The van der Waals surface area contributed by atoms with Gasteiger partial charge in [-0.2, -0.15) is 0 Å². The van der Waals surface area contributed by atoms with Crippen molar-refractivity contribution in [2.75, 3.05) is 25.3 Å². The van der Waals surface area contributed by atoms with Crippen molar-refractivity contribution in [3.05, 3.63) is 29.5 Å². The van der Waals surface area contributed by atoms with Crippen LogP contribution < -0.4 is 15.8 Å². The highest BCUT2D eigenvalue weighted by Gasteiger charge is 2.19. The molecule has 2 rings (SSSR count). The number of nitrogen functional groups attached to an aromatic ring is 1. The summed E-state index contributed by atoms with van der Waals surface area (Å²) in [5, 5.41) is 9.98. The zero-order valence-corrected chi connectivity index (χ0v) is 13.0. The molecule has 0 saturated carbocycles. The number of nitrogens with zero attached hydrogens (tertiary/aromatic N) is 3. The van der Waals surface area contributed by atoms with E-state index in [0.717, 1.165) is 10.2 Å². The zero-order valence-electron chi connectivity index (χ0n) is 13.0. The van der Waals surface area contributed by atoms with Gasteiger partial charge in [-0.3, -0.25) is 4.79 Å². The van der Waals surface area contributed by atoms with Gasteiger partial charge in [0.1, 0.15) is 12.3 Å². The molecule has 0 fully saturated rings. The molecule has 1 heterocycles. The highest BCUT2D eigenvalue weighted by molar-refractivity contribution is 5.94. The Morgan fingerprint density at radius 3 is 2.74 bits per heavy atom. The van der Waals surface area contributed by atoms with Crippen molar-refractivity contribution in [3.8, 4) is 5.75 Å². The third-order valence-corrected chi connectivity index (χ3v) is 3.07. The molecule has 0 saturated heterocycles. The normalized spacial score (nSPS) is 10.2. The Bertz CT molecular complexity index is 741. The minimum absolute atomic E-state index is 0.0387. The maximum absolute atomic E-state index is 12.1. The van der Waals surface area contributed by atoms with Crippen molar-refractivity contribution in [2.45, 2.75) is 13.5 Å². The standard InChI is InChI=1S/C14H17N5O4/c1-8-4-5-10(22-2)9(6-8)16-11(20)7-19-13(15)12(17-18-19)14(21)23-3/h4-6H,7,15H2,1-3H3,(H,16,20). The fraction of sp³-hybridized carbons (Fsp3) is 0.286. The summed E-state index contributed by atoms with van der Waals surface area (Å²) in [6, 6.07) is 5.40. The average molecular weight is 319 g/mol. The van der Waals surface area contributed by atoms with Gasteiger partial charge in [-0.1, -0.05) is 11.3 Å². The van der Waals surface area contributed by atoms with Gasteiger partial charge in [0, 0.05) is 0 Å². The van der Waals surface area contributed by atoms with Gasteiger partial charge in [0.15, 0.2) is 5.82 Å². The predicted octanol–water partition coefficient (Wildman–Crippen LogP) is 0.603. The monoisotopic (exact) mass is 319 g/mol. The predicted molar refractivity (Wildman–Crippen MR) is 82.1 cm³/mol. The lowest BCUT2D eigenvalue weighted by molar-refractivity contribution is -0.116. The number of esters is 1. The van der Waals surface area contributed by atoms with Gasteiger partial charge in [0.2, 0.25) is 11.6 Å². The lowest BCUT2D eigenvalue weighted by Crippen LogP contribution is -2.21. The first kappa shape index (κ1) is 16.3. The van der Waals surface area contributed by atoms with Crippen LogP contribution >= 0.6 is 0 Å². The van der Waals surface area contributed by atoms with Crippen molar-refractivity contribution in [3.63, 3.8) is 0 Å². The smallest absolute Gasteiger partial charge is 0.362 e. The Balaban J connectivity index is 2.13. The zero-order chi connectivity index (χ0) is 17.0. The number of hydrogen-bond donors (Lipinski definition) is 2. The van der Waals surface area contributed by atoms with E-state index in [1.54, 1.807) is 12.1 Å². The molecule has 0 spiro atoms. The molecule has 9 heteroatoms. The number of amides is 1. The van der Waals surface area contributed by atoms with E-state index >= 15 is 0 Å². The second-order valence-electron chi connectivity index (χ2n) is 4.72. The van der Waals surface area contributed by atoms with Gasteiger partial charge in [0.05, 0.1) is 19.9 Å². The van der Waals surface area contributed by atoms with E-state index in [1.165, 1.54) is 14.2 Å². The first-order valence-corrected chi connectivity index (χ1v) is 6.68. The molecule has 1 amide bonds. The lowest BCUT2D eigenvalue weighted by Gasteiger charge is -2.11. The molecule has 0 aliphatic heterocycles. The molecule has 0 atom stereocenters. The van der Waals surface area contributed by atoms with E-state index in [9.17, 15) is 9.59 Å². The highest BCUT2D eigenvalue weighted by atomic mass is 16.5. The molecule has 2 aromatic rings. The van der Waals surface area contributed by atoms with Crippen molar-refractivity contribution in [2.24, 2.45) is 0 Å². The van der Waals surface area contributed by atoms with Gasteiger partial charge in [0.25, 0.3) is 0 Å². The average Bonchev–Trinajstić information content (AvgIpc) is 2.87. The fourth-order valence-electron chi connectivity index (χ4n) is 1.92. The maximum Gasteiger partial charge on any atom is 0.362 e. The van der Waals surface area contributed by atoms with Crippen LogP contribution in [0.3, 0.4) is 0 Å². The van der Waals surface area contributed by atoms with Gasteiger partial charge < -0.3 is 20.5 Å². The Morgan fingerprint density at radius 1 is 1.35 bits per heavy atom. The van der Waals surface area contributed by atoms with E-state index in [2.05, 4.69) is 20.4 Å². The van der Waals surface area contributed by atoms with Crippen LogP contribution in [0, 0.1) is 6.92 Å².